The number of hydrogen-bond acceptors (Lipinski definition) is 7. The smallest absolute Gasteiger partial charge is 0.269 e. The van der Waals surface area contributed by atoms with Crippen molar-refractivity contribution in [1.82, 2.24) is 14.9 Å². The lowest BCUT2D eigenvalue weighted by atomic mass is 10.1. The average molecular weight is 400 g/mol. The van der Waals surface area contributed by atoms with E-state index in [1.807, 2.05) is 0 Å². The second kappa shape index (κ2) is 8.45. The van der Waals surface area contributed by atoms with E-state index in [1.165, 1.54) is 30.1 Å². The Labute approximate surface area is 169 Å². The molecule has 2 aromatic rings. The topological polar surface area (TPSA) is 75.4 Å². The highest BCUT2D eigenvalue weighted by Gasteiger charge is 2.27. The van der Waals surface area contributed by atoms with Crippen LogP contribution in [-0.2, 0) is 6.42 Å². The van der Waals surface area contributed by atoms with Crippen molar-refractivity contribution in [3.05, 3.63) is 46.1 Å². The van der Waals surface area contributed by atoms with Crippen molar-refractivity contribution in [2.24, 2.45) is 0 Å². The summed E-state index contributed by atoms with van der Waals surface area (Å²) in [6, 6.07) is 9.29. The molecule has 1 atom stereocenters. The predicted octanol–water partition coefficient (Wildman–Crippen LogP) is 3.24. The minimum absolute atomic E-state index is 0.0804. The molecule has 2 fully saturated rings. The largest absolute Gasteiger partial charge is 0.354 e. The number of nitro groups is 1. The van der Waals surface area contributed by atoms with E-state index < -0.39 is 0 Å². The summed E-state index contributed by atoms with van der Waals surface area (Å²) >= 11 is 2.06. The van der Waals surface area contributed by atoms with Gasteiger partial charge in [0, 0.05) is 67.4 Å². The molecule has 3 heterocycles. The molecule has 1 aromatic heterocycles. The van der Waals surface area contributed by atoms with Gasteiger partial charge < -0.3 is 4.90 Å². The van der Waals surface area contributed by atoms with E-state index >= 15 is 0 Å². The second-order valence-corrected chi connectivity index (χ2v) is 8.39. The molecule has 0 saturated carbocycles. The predicted molar refractivity (Wildman–Crippen MR) is 113 cm³/mol. The molecular formula is C20H25N5O2S. The molecule has 0 amide bonds. The molecule has 7 nitrogen and oxygen atoms in total. The van der Waals surface area contributed by atoms with E-state index in [-0.39, 0.29) is 10.6 Å². The fourth-order valence-corrected chi connectivity index (χ4v) is 5.07. The van der Waals surface area contributed by atoms with Gasteiger partial charge in [-0.25, -0.2) is 9.97 Å². The molecule has 2 aliphatic heterocycles. The lowest BCUT2D eigenvalue weighted by Crippen LogP contribution is -2.50. The Balaban J connectivity index is 1.53. The van der Waals surface area contributed by atoms with Crippen LogP contribution in [0.3, 0.4) is 0 Å². The SMILES string of the molecule is CCc1cc(N2CCN([C@@H]3CCSC3)CC2)nc(-c2ccc([N+](=O)[O-])cc2)n1. The molecule has 0 bridgehead atoms. The van der Waals surface area contributed by atoms with E-state index in [9.17, 15) is 10.1 Å². The van der Waals surface area contributed by atoms with Crippen molar-refractivity contribution in [1.29, 1.82) is 0 Å². The zero-order chi connectivity index (χ0) is 19.5. The fourth-order valence-electron chi connectivity index (χ4n) is 3.81. The molecule has 0 spiro atoms. The van der Waals surface area contributed by atoms with E-state index in [0.29, 0.717) is 5.82 Å². The molecule has 148 valence electrons. The molecule has 8 heteroatoms. The number of benzene rings is 1. The summed E-state index contributed by atoms with van der Waals surface area (Å²) in [6.07, 6.45) is 2.14. The number of thioether (sulfide) groups is 1. The third kappa shape index (κ3) is 4.12. The number of hydrogen-bond donors (Lipinski definition) is 0. The minimum Gasteiger partial charge on any atom is -0.354 e. The van der Waals surface area contributed by atoms with Gasteiger partial charge in [0.25, 0.3) is 5.69 Å². The van der Waals surface area contributed by atoms with Crippen molar-refractivity contribution in [2.75, 3.05) is 42.6 Å². The Kier molecular flexibility index (Phi) is 5.77. The number of aryl methyl sites for hydroxylation is 1. The highest BCUT2D eigenvalue weighted by Crippen LogP contribution is 2.26. The molecule has 2 saturated heterocycles. The zero-order valence-electron chi connectivity index (χ0n) is 16.1. The number of anilines is 1. The van der Waals surface area contributed by atoms with Crippen LogP contribution in [0.15, 0.2) is 30.3 Å². The van der Waals surface area contributed by atoms with Gasteiger partial charge in [-0.05, 0) is 30.7 Å². The molecule has 1 aromatic carbocycles. The summed E-state index contributed by atoms with van der Waals surface area (Å²) in [5.74, 6) is 4.15. The Morgan fingerprint density at radius 3 is 2.54 bits per heavy atom. The van der Waals surface area contributed by atoms with Gasteiger partial charge in [0.1, 0.15) is 5.82 Å². The zero-order valence-corrected chi connectivity index (χ0v) is 16.9. The molecule has 4 rings (SSSR count). The first-order chi connectivity index (χ1) is 13.6. The van der Waals surface area contributed by atoms with Gasteiger partial charge >= 0.3 is 0 Å². The van der Waals surface area contributed by atoms with Crippen molar-refractivity contribution in [3.8, 4) is 11.4 Å². The van der Waals surface area contributed by atoms with Gasteiger partial charge in [-0.15, -0.1) is 0 Å². The lowest BCUT2D eigenvalue weighted by Gasteiger charge is -2.38. The van der Waals surface area contributed by atoms with Crippen LogP contribution in [0.2, 0.25) is 0 Å². The standard InChI is InChI=1S/C20H25N5O2S/c1-2-16-13-19(24-10-8-23(9-11-24)18-7-12-28-14-18)22-20(21-16)15-3-5-17(6-4-15)25(26)27/h3-6,13,18H,2,7-12,14H2,1H3/t18-/m1/s1. The third-order valence-corrected chi connectivity index (χ3v) is 6.67. The molecule has 0 N–H and O–H groups in total. The van der Waals surface area contributed by atoms with Gasteiger partial charge in [-0.3, -0.25) is 15.0 Å². The average Bonchev–Trinajstić information content (AvgIpc) is 3.28. The van der Waals surface area contributed by atoms with E-state index in [1.54, 1.807) is 12.1 Å². The fraction of sp³-hybridized carbons (Fsp3) is 0.500. The number of piperazine rings is 1. The number of aromatic nitrogens is 2. The molecule has 2 aliphatic rings. The highest BCUT2D eigenvalue weighted by atomic mass is 32.2. The monoisotopic (exact) mass is 399 g/mol. The summed E-state index contributed by atoms with van der Waals surface area (Å²) < 4.78 is 0. The van der Waals surface area contributed by atoms with Crippen LogP contribution in [0.1, 0.15) is 19.0 Å². The Morgan fingerprint density at radius 2 is 1.93 bits per heavy atom. The maximum absolute atomic E-state index is 10.9. The van der Waals surface area contributed by atoms with Crippen LogP contribution in [0.5, 0.6) is 0 Å². The Bertz CT molecular complexity index is 831. The van der Waals surface area contributed by atoms with Crippen molar-refractivity contribution in [2.45, 2.75) is 25.8 Å². The van der Waals surface area contributed by atoms with Gasteiger partial charge in [0.15, 0.2) is 5.82 Å². The van der Waals surface area contributed by atoms with E-state index in [4.69, 9.17) is 4.98 Å². The molecule has 0 radical (unpaired) electrons. The highest BCUT2D eigenvalue weighted by molar-refractivity contribution is 7.99. The van der Waals surface area contributed by atoms with Crippen LogP contribution in [-0.4, -0.2) is 63.5 Å². The van der Waals surface area contributed by atoms with Gasteiger partial charge in [0.2, 0.25) is 0 Å². The Morgan fingerprint density at radius 1 is 1.18 bits per heavy atom. The molecular weight excluding hydrogens is 374 g/mol. The molecule has 0 unspecified atom stereocenters. The van der Waals surface area contributed by atoms with Crippen molar-refractivity contribution in [3.63, 3.8) is 0 Å². The maximum atomic E-state index is 10.9. The first-order valence-electron chi connectivity index (χ1n) is 9.83. The minimum atomic E-state index is -0.388. The van der Waals surface area contributed by atoms with Crippen molar-refractivity contribution < 1.29 is 4.92 Å². The normalized spacial score (nSPS) is 20.5. The first-order valence-corrected chi connectivity index (χ1v) is 11.0. The summed E-state index contributed by atoms with van der Waals surface area (Å²) in [4.78, 5) is 24.9. The lowest BCUT2D eigenvalue weighted by molar-refractivity contribution is -0.384. The summed E-state index contributed by atoms with van der Waals surface area (Å²) in [5, 5.41) is 10.9. The van der Waals surface area contributed by atoms with E-state index in [0.717, 1.165) is 55.7 Å². The van der Waals surface area contributed by atoms with Crippen LogP contribution >= 0.6 is 11.8 Å². The number of nitrogens with zero attached hydrogens (tertiary/aromatic N) is 5. The van der Waals surface area contributed by atoms with Gasteiger partial charge in [-0.1, -0.05) is 6.92 Å². The van der Waals surface area contributed by atoms with Crippen LogP contribution in [0.25, 0.3) is 11.4 Å². The first kappa shape index (κ1) is 19.1. The second-order valence-electron chi connectivity index (χ2n) is 7.24. The van der Waals surface area contributed by atoms with Crippen LogP contribution in [0.4, 0.5) is 11.5 Å². The maximum Gasteiger partial charge on any atom is 0.269 e. The molecule has 0 aliphatic carbocycles. The van der Waals surface area contributed by atoms with Gasteiger partial charge in [-0.2, -0.15) is 11.8 Å². The summed E-state index contributed by atoms with van der Waals surface area (Å²) in [7, 11) is 0. The number of nitro benzene ring substituents is 1. The third-order valence-electron chi connectivity index (χ3n) is 5.52. The van der Waals surface area contributed by atoms with Crippen LogP contribution in [0, 0.1) is 10.1 Å². The van der Waals surface area contributed by atoms with Crippen LogP contribution < -0.4 is 4.90 Å². The number of non-ortho nitro benzene ring substituents is 1. The summed E-state index contributed by atoms with van der Waals surface area (Å²) in [5.41, 5.74) is 1.88. The van der Waals surface area contributed by atoms with E-state index in [2.05, 4.69) is 39.5 Å². The summed E-state index contributed by atoms with van der Waals surface area (Å²) in [6.45, 7) is 6.18. The van der Waals surface area contributed by atoms with Crippen molar-refractivity contribution >= 4 is 23.3 Å². The van der Waals surface area contributed by atoms with Gasteiger partial charge in [0.05, 0.1) is 4.92 Å². The quantitative estimate of drug-likeness (QED) is 0.564. The Hall–Kier alpha value is -2.19. The number of rotatable bonds is 5. The molecule has 28 heavy (non-hydrogen) atoms.